The third-order valence-corrected chi connectivity index (χ3v) is 3.65. The molecule has 1 fully saturated rings. The van der Waals surface area contributed by atoms with Crippen molar-refractivity contribution in [2.24, 2.45) is 5.92 Å². The molecule has 1 aromatic rings. The number of hydrogen-bond acceptors (Lipinski definition) is 2. The molecule has 2 N–H and O–H groups in total. The van der Waals surface area contributed by atoms with E-state index < -0.39 is 6.03 Å². The van der Waals surface area contributed by atoms with Gasteiger partial charge < -0.3 is 5.32 Å². The summed E-state index contributed by atoms with van der Waals surface area (Å²) in [6.45, 7) is 0.873. The predicted octanol–water partition coefficient (Wildman–Crippen LogP) is 2.82. The molecule has 0 bridgehead atoms. The van der Waals surface area contributed by atoms with Crippen molar-refractivity contribution in [2.75, 3.05) is 19.0 Å². The molecule has 0 radical (unpaired) electrons. The number of benzene rings is 1. The van der Waals surface area contributed by atoms with E-state index in [2.05, 4.69) is 17.4 Å². The molecule has 1 aliphatic rings. The van der Waals surface area contributed by atoms with Gasteiger partial charge in [0.05, 0.1) is 6.54 Å². The number of rotatable bonds is 6. The molecule has 2 atom stereocenters. The number of amides is 2. The summed E-state index contributed by atoms with van der Waals surface area (Å²) in [5.74, 6) is 1.32. The Morgan fingerprint density at radius 1 is 1.42 bits per heavy atom. The van der Waals surface area contributed by atoms with Crippen LogP contribution < -0.4 is 5.32 Å². The molecule has 0 aliphatic heterocycles. The van der Waals surface area contributed by atoms with Gasteiger partial charge in [-0.2, -0.15) is 0 Å². The molecule has 1 saturated carbocycles. The summed E-state index contributed by atoms with van der Waals surface area (Å²) in [6.07, 6.45) is 1.73. The van der Waals surface area contributed by atoms with Crippen LogP contribution in [-0.2, 0) is 0 Å². The van der Waals surface area contributed by atoms with Crippen molar-refractivity contribution < 1.29 is 10.0 Å². The smallest absolute Gasteiger partial charge is 0.336 e. The van der Waals surface area contributed by atoms with Crippen LogP contribution in [0.1, 0.15) is 24.3 Å². The van der Waals surface area contributed by atoms with Gasteiger partial charge in [0.15, 0.2) is 0 Å². The Kier molecular flexibility index (Phi) is 5.05. The minimum Gasteiger partial charge on any atom is -0.336 e. The first-order valence-electron chi connectivity index (χ1n) is 6.57. The normalized spacial score (nSPS) is 20.9. The van der Waals surface area contributed by atoms with Crippen LogP contribution in [0.3, 0.4) is 0 Å². The maximum Gasteiger partial charge on any atom is 0.341 e. The van der Waals surface area contributed by atoms with Crippen molar-refractivity contribution >= 4 is 17.6 Å². The minimum atomic E-state index is -0.441. The van der Waals surface area contributed by atoms with E-state index in [-0.39, 0.29) is 0 Å². The highest BCUT2D eigenvalue weighted by Crippen LogP contribution is 2.47. The second-order valence-corrected chi connectivity index (χ2v) is 5.25. The fraction of sp³-hybridized carbons (Fsp3) is 0.500. The number of halogens is 1. The SMILES string of the molecule is O=C(NCCCCl)N(O)CC1CC1c1ccccc1. The molecule has 5 heteroatoms. The Balaban J connectivity index is 1.73. The molecule has 19 heavy (non-hydrogen) atoms. The van der Waals surface area contributed by atoms with Gasteiger partial charge in [-0.3, -0.25) is 5.21 Å². The largest absolute Gasteiger partial charge is 0.341 e. The molecule has 2 rings (SSSR count). The molecular weight excluding hydrogens is 264 g/mol. The van der Waals surface area contributed by atoms with E-state index in [1.54, 1.807) is 0 Å². The first-order chi connectivity index (χ1) is 9.22. The Bertz CT molecular complexity index is 413. The quantitative estimate of drug-likeness (QED) is 0.365. The van der Waals surface area contributed by atoms with Crippen LogP contribution in [0.5, 0.6) is 0 Å². The van der Waals surface area contributed by atoms with Crippen LogP contribution in [0, 0.1) is 5.92 Å². The lowest BCUT2D eigenvalue weighted by Crippen LogP contribution is -2.39. The third kappa shape index (κ3) is 4.11. The standard InChI is InChI=1S/C14H19ClN2O2/c15-7-4-8-16-14(18)17(19)10-12-9-13(12)11-5-2-1-3-6-11/h1-3,5-6,12-13,19H,4,7-10H2,(H,16,18). The number of urea groups is 1. The Labute approximate surface area is 118 Å². The van der Waals surface area contributed by atoms with Gasteiger partial charge in [-0.05, 0) is 30.2 Å². The molecule has 104 valence electrons. The lowest BCUT2D eigenvalue weighted by molar-refractivity contribution is -0.0468. The number of hydrogen-bond donors (Lipinski definition) is 2. The number of nitrogens with one attached hydrogen (secondary N) is 1. The maximum atomic E-state index is 11.5. The topological polar surface area (TPSA) is 52.6 Å². The molecule has 1 aromatic carbocycles. The summed E-state index contributed by atoms with van der Waals surface area (Å²) in [7, 11) is 0. The van der Waals surface area contributed by atoms with E-state index >= 15 is 0 Å². The van der Waals surface area contributed by atoms with E-state index in [1.165, 1.54) is 5.56 Å². The number of carbonyl (C=O) groups excluding carboxylic acids is 1. The summed E-state index contributed by atoms with van der Waals surface area (Å²) < 4.78 is 0. The van der Waals surface area contributed by atoms with Gasteiger partial charge in [-0.1, -0.05) is 30.3 Å². The molecule has 2 amide bonds. The highest BCUT2D eigenvalue weighted by molar-refractivity contribution is 6.17. The Morgan fingerprint density at radius 2 is 2.16 bits per heavy atom. The molecule has 0 heterocycles. The zero-order valence-corrected chi connectivity index (χ0v) is 11.5. The Hall–Kier alpha value is -1.26. The highest BCUT2D eigenvalue weighted by atomic mass is 35.5. The first-order valence-corrected chi connectivity index (χ1v) is 7.11. The molecule has 2 unspecified atom stereocenters. The summed E-state index contributed by atoms with van der Waals surface area (Å²) in [6, 6.07) is 9.76. The zero-order chi connectivity index (χ0) is 13.7. The van der Waals surface area contributed by atoms with Gasteiger partial charge in [-0.25, -0.2) is 9.86 Å². The first kappa shape index (κ1) is 14.2. The van der Waals surface area contributed by atoms with Crippen LogP contribution in [0.2, 0.25) is 0 Å². The molecule has 4 nitrogen and oxygen atoms in total. The van der Waals surface area contributed by atoms with Gasteiger partial charge in [-0.15, -0.1) is 11.6 Å². The van der Waals surface area contributed by atoms with E-state index in [0.717, 1.165) is 11.5 Å². The van der Waals surface area contributed by atoms with Crippen molar-refractivity contribution in [1.29, 1.82) is 0 Å². The highest BCUT2D eigenvalue weighted by Gasteiger charge is 2.39. The molecule has 0 spiro atoms. The second kappa shape index (κ2) is 6.78. The van der Waals surface area contributed by atoms with Gasteiger partial charge >= 0.3 is 6.03 Å². The number of alkyl halides is 1. The van der Waals surface area contributed by atoms with E-state index in [4.69, 9.17) is 11.6 Å². The lowest BCUT2D eigenvalue weighted by atomic mass is 10.1. The average Bonchev–Trinajstić information content (AvgIpc) is 3.19. The molecule has 0 saturated heterocycles. The van der Waals surface area contributed by atoms with Crippen molar-refractivity contribution in [2.45, 2.75) is 18.8 Å². The van der Waals surface area contributed by atoms with Crippen molar-refractivity contribution in [3.05, 3.63) is 35.9 Å². The number of nitrogens with zero attached hydrogens (tertiary/aromatic N) is 1. The monoisotopic (exact) mass is 282 g/mol. The number of carbonyl (C=O) groups is 1. The number of hydroxylamine groups is 2. The summed E-state index contributed by atoms with van der Waals surface area (Å²) in [4.78, 5) is 11.5. The molecule has 1 aliphatic carbocycles. The van der Waals surface area contributed by atoms with Crippen molar-refractivity contribution in [3.8, 4) is 0 Å². The fourth-order valence-corrected chi connectivity index (χ4v) is 2.35. The fourth-order valence-electron chi connectivity index (χ4n) is 2.22. The van der Waals surface area contributed by atoms with Crippen LogP contribution in [0.15, 0.2) is 30.3 Å². The summed E-state index contributed by atoms with van der Waals surface area (Å²) >= 11 is 5.52. The predicted molar refractivity (Wildman–Crippen MR) is 74.5 cm³/mol. The van der Waals surface area contributed by atoms with E-state index in [0.29, 0.717) is 37.2 Å². The van der Waals surface area contributed by atoms with E-state index in [1.807, 2.05) is 18.2 Å². The summed E-state index contributed by atoms with van der Waals surface area (Å²) in [5.41, 5.74) is 1.28. The van der Waals surface area contributed by atoms with Gasteiger partial charge in [0.1, 0.15) is 0 Å². The molecule has 0 aromatic heterocycles. The summed E-state index contributed by atoms with van der Waals surface area (Å²) in [5, 5.41) is 13.1. The maximum absolute atomic E-state index is 11.5. The second-order valence-electron chi connectivity index (χ2n) is 4.87. The molecular formula is C14H19ClN2O2. The zero-order valence-electron chi connectivity index (χ0n) is 10.8. The van der Waals surface area contributed by atoms with Crippen LogP contribution in [-0.4, -0.2) is 35.3 Å². The average molecular weight is 283 g/mol. The van der Waals surface area contributed by atoms with Crippen LogP contribution >= 0.6 is 11.6 Å². The van der Waals surface area contributed by atoms with Crippen LogP contribution in [0.25, 0.3) is 0 Å². The Morgan fingerprint density at radius 3 is 2.84 bits per heavy atom. The van der Waals surface area contributed by atoms with Crippen LogP contribution in [0.4, 0.5) is 4.79 Å². The van der Waals surface area contributed by atoms with Gasteiger partial charge in [0.2, 0.25) is 0 Å². The third-order valence-electron chi connectivity index (χ3n) is 3.38. The van der Waals surface area contributed by atoms with Gasteiger partial charge in [0, 0.05) is 12.4 Å². The minimum absolute atomic E-state index is 0.353. The van der Waals surface area contributed by atoms with Gasteiger partial charge in [0.25, 0.3) is 0 Å². The van der Waals surface area contributed by atoms with E-state index in [9.17, 15) is 10.0 Å². The van der Waals surface area contributed by atoms with Crippen molar-refractivity contribution in [1.82, 2.24) is 10.4 Å². The van der Waals surface area contributed by atoms with Crippen molar-refractivity contribution in [3.63, 3.8) is 0 Å². The lowest BCUT2D eigenvalue weighted by Gasteiger charge is -2.15.